The fraction of sp³-hybridized carbons (Fsp3) is 0.316. The molecule has 1 saturated heterocycles. The maximum atomic E-state index is 13.5. The fourth-order valence-corrected chi connectivity index (χ4v) is 6.19. The molecule has 0 aliphatic carbocycles. The first-order chi connectivity index (χ1) is 21.3. The van der Waals surface area contributed by atoms with E-state index in [1.807, 2.05) is 35.2 Å². The number of rotatable bonds is 8. The average molecular weight is 588 g/mol. The molecule has 2 heterocycles. The van der Waals surface area contributed by atoms with Crippen molar-refractivity contribution in [2.45, 2.75) is 45.2 Å². The second kappa shape index (κ2) is 12.7. The van der Waals surface area contributed by atoms with E-state index in [0.717, 1.165) is 36.5 Å². The highest BCUT2D eigenvalue weighted by atomic mass is 16.5. The smallest absolute Gasteiger partial charge is 0.265 e. The summed E-state index contributed by atoms with van der Waals surface area (Å²) in [5, 5.41) is 0. The molecule has 0 spiro atoms. The van der Waals surface area contributed by atoms with Crippen LogP contribution in [0, 0.1) is 0 Å². The maximum Gasteiger partial charge on any atom is 0.265 e. The van der Waals surface area contributed by atoms with E-state index < -0.39 is 0 Å². The zero-order chi connectivity index (χ0) is 30.7. The normalized spacial score (nSPS) is 15.7. The second-order valence-corrected chi connectivity index (χ2v) is 12.4. The summed E-state index contributed by atoms with van der Waals surface area (Å²) in [6.45, 7) is 10.0. The number of nitrogens with zero attached hydrogens (tertiary/aromatic N) is 3. The lowest BCUT2D eigenvalue weighted by Crippen LogP contribution is -2.49. The molecule has 0 bridgehead atoms. The SMILES string of the molecule is CCC(C)(C)c1ccc2c(c1)N(Cc1ccc(C(=O)N3CCN(C(c4ccccc4)c4ccccc4)CC3)cc1)C(=O)CO2. The molecule has 226 valence electrons. The molecule has 6 heteroatoms. The summed E-state index contributed by atoms with van der Waals surface area (Å²) in [6, 6.07) is 35.2. The van der Waals surface area contributed by atoms with Crippen LogP contribution in [0.5, 0.6) is 5.75 Å². The molecule has 4 aromatic rings. The highest BCUT2D eigenvalue weighted by Gasteiger charge is 2.30. The Morgan fingerprint density at radius 2 is 1.43 bits per heavy atom. The lowest BCUT2D eigenvalue weighted by molar-refractivity contribution is -0.121. The summed E-state index contributed by atoms with van der Waals surface area (Å²) in [5.41, 5.74) is 6.16. The number of anilines is 1. The molecule has 1 fully saturated rings. The van der Waals surface area contributed by atoms with E-state index in [1.165, 1.54) is 16.7 Å². The fourth-order valence-electron chi connectivity index (χ4n) is 6.19. The van der Waals surface area contributed by atoms with Crippen LogP contribution in [-0.2, 0) is 16.8 Å². The van der Waals surface area contributed by atoms with E-state index in [9.17, 15) is 9.59 Å². The largest absolute Gasteiger partial charge is 0.482 e. The van der Waals surface area contributed by atoms with Crippen molar-refractivity contribution in [2.75, 3.05) is 37.7 Å². The van der Waals surface area contributed by atoms with E-state index in [2.05, 4.69) is 98.5 Å². The molecule has 0 aromatic heterocycles. The third-order valence-electron chi connectivity index (χ3n) is 9.31. The molecule has 6 nitrogen and oxygen atoms in total. The molecule has 2 amide bonds. The van der Waals surface area contributed by atoms with E-state index >= 15 is 0 Å². The number of hydrogen-bond donors (Lipinski definition) is 0. The van der Waals surface area contributed by atoms with Crippen LogP contribution in [0.15, 0.2) is 103 Å². The van der Waals surface area contributed by atoms with Crippen molar-refractivity contribution >= 4 is 17.5 Å². The van der Waals surface area contributed by atoms with Gasteiger partial charge in [0, 0.05) is 31.7 Å². The van der Waals surface area contributed by atoms with Gasteiger partial charge in [0.25, 0.3) is 11.8 Å². The van der Waals surface area contributed by atoms with E-state index in [0.29, 0.717) is 25.2 Å². The van der Waals surface area contributed by atoms with Crippen LogP contribution in [-0.4, -0.2) is 54.4 Å². The lowest BCUT2D eigenvalue weighted by atomic mass is 9.82. The molecular weight excluding hydrogens is 546 g/mol. The Morgan fingerprint density at radius 3 is 2.02 bits per heavy atom. The van der Waals surface area contributed by atoms with Crippen molar-refractivity contribution < 1.29 is 14.3 Å². The first kappa shape index (κ1) is 29.6. The van der Waals surface area contributed by atoms with Gasteiger partial charge in [0.1, 0.15) is 5.75 Å². The van der Waals surface area contributed by atoms with Crippen molar-refractivity contribution in [1.29, 1.82) is 0 Å². The molecule has 0 radical (unpaired) electrons. The van der Waals surface area contributed by atoms with Crippen LogP contribution in [0.25, 0.3) is 0 Å². The predicted molar refractivity (Wildman–Crippen MR) is 175 cm³/mol. The number of hydrogen-bond acceptors (Lipinski definition) is 4. The van der Waals surface area contributed by atoms with Crippen LogP contribution in [0.4, 0.5) is 5.69 Å². The Kier molecular flexibility index (Phi) is 8.53. The minimum absolute atomic E-state index is 0.00130. The average Bonchev–Trinajstić information content (AvgIpc) is 3.07. The van der Waals surface area contributed by atoms with E-state index in [4.69, 9.17) is 4.74 Å². The first-order valence-electron chi connectivity index (χ1n) is 15.6. The Bertz CT molecular complexity index is 1550. The van der Waals surface area contributed by atoms with Gasteiger partial charge in [0.2, 0.25) is 0 Å². The first-order valence-corrected chi connectivity index (χ1v) is 15.6. The van der Waals surface area contributed by atoms with Gasteiger partial charge >= 0.3 is 0 Å². The molecular formula is C38H41N3O3. The Labute approximate surface area is 260 Å². The van der Waals surface area contributed by atoms with Gasteiger partial charge in [-0.25, -0.2) is 0 Å². The predicted octanol–water partition coefficient (Wildman–Crippen LogP) is 6.85. The molecule has 6 rings (SSSR count). The van der Waals surface area contributed by atoms with Gasteiger partial charge in [0.05, 0.1) is 18.3 Å². The number of benzene rings is 4. The number of carbonyl (C=O) groups is 2. The van der Waals surface area contributed by atoms with Gasteiger partial charge in [-0.2, -0.15) is 0 Å². The molecule has 0 unspecified atom stereocenters. The topological polar surface area (TPSA) is 53.1 Å². The van der Waals surface area contributed by atoms with Gasteiger partial charge in [-0.15, -0.1) is 0 Å². The van der Waals surface area contributed by atoms with Crippen LogP contribution < -0.4 is 9.64 Å². The number of piperazine rings is 1. The van der Waals surface area contributed by atoms with Crippen LogP contribution in [0.1, 0.15) is 65.8 Å². The van der Waals surface area contributed by atoms with Crippen LogP contribution in [0.3, 0.4) is 0 Å². The molecule has 2 aliphatic heterocycles. The van der Waals surface area contributed by atoms with Gasteiger partial charge in [-0.3, -0.25) is 14.5 Å². The van der Waals surface area contributed by atoms with E-state index in [-0.39, 0.29) is 29.9 Å². The number of fused-ring (bicyclic) bond motifs is 1. The van der Waals surface area contributed by atoms with Crippen LogP contribution in [0.2, 0.25) is 0 Å². The van der Waals surface area contributed by atoms with Crippen molar-refractivity contribution in [3.63, 3.8) is 0 Å². The lowest BCUT2D eigenvalue weighted by Gasteiger charge is -2.39. The number of ether oxygens (including phenoxy) is 1. The van der Waals surface area contributed by atoms with Crippen LogP contribution >= 0.6 is 0 Å². The van der Waals surface area contributed by atoms with Crippen molar-refractivity contribution in [3.8, 4) is 5.75 Å². The Hall–Kier alpha value is -4.42. The summed E-state index contributed by atoms with van der Waals surface area (Å²) in [5.74, 6) is 0.714. The molecule has 0 atom stereocenters. The summed E-state index contributed by atoms with van der Waals surface area (Å²) < 4.78 is 5.75. The summed E-state index contributed by atoms with van der Waals surface area (Å²) in [7, 11) is 0. The van der Waals surface area contributed by atoms with Crippen molar-refractivity contribution in [1.82, 2.24) is 9.80 Å². The molecule has 0 N–H and O–H groups in total. The highest BCUT2D eigenvalue weighted by molar-refractivity contribution is 5.98. The zero-order valence-corrected chi connectivity index (χ0v) is 25.9. The van der Waals surface area contributed by atoms with E-state index in [1.54, 1.807) is 4.90 Å². The Morgan fingerprint density at radius 1 is 0.818 bits per heavy atom. The van der Waals surface area contributed by atoms with Crippen molar-refractivity contribution in [3.05, 3.63) is 131 Å². The number of carbonyl (C=O) groups excluding carboxylic acids is 2. The van der Waals surface area contributed by atoms with Gasteiger partial charge in [-0.1, -0.05) is 99.6 Å². The third-order valence-corrected chi connectivity index (χ3v) is 9.31. The minimum atomic E-state index is -0.0636. The van der Waals surface area contributed by atoms with Gasteiger partial charge in [-0.05, 0) is 58.4 Å². The monoisotopic (exact) mass is 587 g/mol. The summed E-state index contributed by atoms with van der Waals surface area (Å²) in [6.07, 6.45) is 0.992. The van der Waals surface area contributed by atoms with Gasteiger partial charge < -0.3 is 14.5 Å². The minimum Gasteiger partial charge on any atom is -0.482 e. The molecule has 0 saturated carbocycles. The second-order valence-electron chi connectivity index (χ2n) is 12.4. The molecule has 4 aromatic carbocycles. The summed E-state index contributed by atoms with van der Waals surface area (Å²) in [4.78, 5) is 32.7. The number of amides is 2. The zero-order valence-electron chi connectivity index (χ0n) is 25.9. The molecule has 2 aliphatic rings. The third kappa shape index (κ3) is 6.13. The van der Waals surface area contributed by atoms with Crippen molar-refractivity contribution in [2.24, 2.45) is 0 Å². The Balaban J connectivity index is 1.13. The molecule has 44 heavy (non-hydrogen) atoms. The highest BCUT2D eigenvalue weighted by Crippen LogP contribution is 2.38. The summed E-state index contributed by atoms with van der Waals surface area (Å²) >= 11 is 0. The standard InChI is InChI=1S/C38H41N3O3/c1-4-38(2,3)32-19-20-34-33(25-32)41(35(42)27-44-34)26-28-15-17-31(18-16-28)37(43)40-23-21-39(22-24-40)36(29-11-7-5-8-12-29)30-13-9-6-10-14-30/h5-20,25,36H,4,21-24,26-27H2,1-3H3. The van der Waals surface area contributed by atoms with Gasteiger partial charge in [0.15, 0.2) is 6.61 Å². The quantitative estimate of drug-likeness (QED) is 0.226. The maximum absolute atomic E-state index is 13.5.